The third kappa shape index (κ3) is 3.50. The third-order valence-corrected chi connectivity index (χ3v) is 3.22. The summed E-state index contributed by atoms with van der Waals surface area (Å²) in [6.07, 6.45) is 0. The topological polar surface area (TPSA) is 78.9 Å². The summed E-state index contributed by atoms with van der Waals surface area (Å²) in [7, 11) is 0. The molecule has 2 rings (SSSR count). The number of nitrogens with zero attached hydrogens (tertiary/aromatic N) is 1. The first kappa shape index (κ1) is 14.8. The second-order valence-corrected chi connectivity index (χ2v) is 4.74. The van der Waals surface area contributed by atoms with Gasteiger partial charge in [0.1, 0.15) is 5.82 Å². The van der Waals surface area contributed by atoms with E-state index in [9.17, 15) is 9.18 Å². The van der Waals surface area contributed by atoms with Crippen LogP contribution in [0.3, 0.4) is 0 Å². The van der Waals surface area contributed by atoms with Gasteiger partial charge in [-0.25, -0.2) is 4.39 Å². The van der Waals surface area contributed by atoms with E-state index < -0.39 is 11.7 Å². The largest absolute Gasteiger partial charge is 0.380 e. The molecule has 0 saturated heterocycles. The summed E-state index contributed by atoms with van der Waals surface area (Å²) in [6, 6.07) is 10.8. The van der Waals surface area contributed by atoms with Crippen molar-refractivity contribution >= 4 is 23.2 Å². The van der Waals surface area contributed by atoms with E-state index in [0.717, 1.165) is 6.07 Å². The molecule has 0 spiro atoms. The summed E-state index contributed by atoms with van der Waals surface area (Å²) in [4.78, 5) is 10.9. The smallest absolute Gasteiger partial charge is 0.248 e. The van der Waals surface area contributed by atoms with Gasteiger partial charge in [0.2, 0.25) is 5.91 Å². The lowest BCUT2D eigenvalue weighted by molar-refractivity contribution is 0.1000. The fourth-order valence-electron chi connectivity index (χ4n) is 1.76. The minimum Gasteiger partial charge on any atom is -0.380 e. The first-order chi connectivity index (χ1) is 10.0. The van der Waals surface area contributed by atoms with Crippen molar-refractivity contribution in [3.05, 3.63) is 63.9 Å². The molecule has 4 nitrogen and oxygen atoms in total. The average molecular weight is 304 g/mol. The van der Waals surface area contributed by atoms with Gasteiger partial charge in [-0.2, -0.15) is 5.26 Å². The molecule has 0 bridgehead atoms. The molecule has 0 heterocycles. The Labute approximate surface area is 125 Å². The molecule has 0 saturated carbocycles. The molecule has 0 fully saturated rings. The molecule has 6 heteroatoms. The van der Waals surface area contributed by atoms with Gasteiger partial charge >= 0.3 is 0 Å². The van der Waals surface area contributed by atoms with E-state index in [1.807, 2.05) is 6.07 Å². The predicted molar refractivity (Wildman–Crippen MR) is 78.4 cm³/mol. The lowest BCUT2D eigenvalue weighted by Gasteiger charge is -2.10. The standard InChI is InChI=1S/C15H11ClFN3O/c16-12-5-9(7-18)1-4-14(12)20-8-11-3-2-10(15(19)21)6-13(11)17/h1-6,20H,8H2,(H2,19,21). The summed E-state index contributed by atoms with van der Waals surface area (Å²) in [6.45, 7) is 0.191. The Hall–Kier alpha value is -2.58. The van der Waals surface area contributed by atoms with Gasteiger partial charge in [0.15, 0.2) is 0 Å². The van der Waals surface area contributed by atoms with Crippen molar-refractivity contribution in [1.82, 2.24) is 0 Å². The molecule has 106 valence electrons. The molecule has 0 aliphatic rings. The average Bonchev–Trinajstić information content (AvgIpc) is 2.46. The van der Waals surface area contributed by atoms with E-state index in [4.69, 9.17) is 22.6 Å². The second kappa shape index (κ2) is 6.25. The van der Waals surface area contributed by atoms with Gasteiger partial charge in [-0.3, -0.25) is 4.79 Å². The van der Waals surface area contributed by atoms with Gasteiger partial charge in [0.25, 0.3) is 0 Å². The highest BCUT2D eigenvalue weighted by Gasteiger charge is 2.08. The molecule has 0 unspecified atom stereocenters. The van der Waals surface area contributed by atoms with Gasteiger partial charge in [0.05, 0.1) is 22.3 Å². The summed E-state index contributed by atoms with van der Waals surface area (Å²) < 4.78 is 13.8. The van der Waals surface area contributed by atoms with Crippen molar-refractivity contribution in [3.63, 3.8) is 0 Å². The maximum absolute atomic E-state index is 13.8. The number of amides is 1. The number of carbonyl (C=O) groups excluding carboxylic acids is 1. The number of nitriles is 1. The second-order valence-electron chi connectivity index (χ2n) is 4.33. The molecule has 0 aliphatic heterocycles. The van der Waals surface area contributed by atoms with E-state index >= 15 is 0 Å². The summed E-state index contributed by atoms with van der Waals surface area (Å²) in [5.41, 5.74) is 6.61. The molecular weight excluding hydrogens is 293 g/mol. The van der Waals surface area contributed by atoms with Crippen molar-refractivity contribution in [2.75, 3.05) is 5.32 Å². The van der Waals surface area contributed by atoms with Crippen molar-refractivity contribution in [1.29, 1.82) is 5.26 Å². The molecule has 1 amide bonds. The molecule has 0 aliphatic carbocycles. The number of nitrogens with two attached hydrogens (primary N) is 1. The predicted octanol–water partition coefficient (Wildman–Crippen LogP) is 3.06. The van der Waals surface area contributed by atoms with Crippen LogP contribution < -0.4 is 11.1 Å². The Morgan fingerprint density at radius 2 is 2.10 bits per heavy atom. The SMILES string of the molecule is N#Cc1ccc(NCc2ccc(C(N)=O)cc2F)c(Cl)c1. The Bertz CT molecular complexity index is 740. The molecule has 0 radical (unpaired) electrons. The maximum Gasteiger partial charge on any atom is 0.248 e. The number of carbonyl (C=O) groups is 1. The lowest BCUT2D eigenvalue weighted by atomic mass is 10.1. The number of hydrogen-bond acceptors (Lipinski definition) is 3. The Kier molecular flexibility index (Phi) is 4.41. The summed E-state index contributed by atoms with van der Waals surface area (Å²) in [5.74, 6) is -1.20. The third-order valence-electron chi connectivity index (χ3n) is 2.91. The highest BCUT2D eigenvalue weighted by atomic mass is 35.5. The Morgan fingerprint density at radius 1 is 1.33 bits per heavy atom. The summed E-state index contributed by atoms with van der Waals surface area (Å²) >= 11 is 6.01. The van der Waals surface area contributed by atoms with E-state index in [-0.39, 0.29) is 12.1 Å². The number of primary amides is 1. The number of nitrogens with one attached hydrogen (secondary N) is 1. The molecule has 21 heavy (non-hydrogen) atoms. The number of hydrogen-bond donors (Lipinski definition) is 2. The highest BCUT2D eigenvalue weighted by Crippen LogP contribution is 2.23. The molecule has 3 N–H and O–H groups in total. The van der Waals surface area contributed by atoms with Crippen LogP contribution in [0.4, 0.5) is 10.1 Å². The first-order valence-corrected chi connectivity index (χ1v) is 6.41. The highest BCUT2D eigenvalue weighted by molar-refractivity contribution is 6.33. The van der Waals surface area contributed by atoms with Gasteiger partial charge in [-0.05, 0) is 30.3 Å². The molecule has 0 atom stereocenters. The molecule has 2 aromatic rings. The molecule has 2 aromatic carbocycles. The Balaban J connectivity index is 2.13. The summed E-state index contributed by atoms with van der Waals surface area (Å²) in [5, 5.41) is 12.1. The zero-order chi connectivity index (χ0) is 15.4. The fourth-order valence-corrected chi connectivity index (χ4v) is 2.01. The van der Waals surface area contributed by atoms with Gasteiger partial charge in [-0.1, -0.05) is 17.7 Å². The first-order valence-electron chi connectivity index (χ1n) is 6.03. The van der Waals surface area contributed by atoms with Gasteiger partial charge < -0.3 is 11.1 Å². The number of rotatable bonds is 4. The number of halogens is 2. The van der Waals surface area contributed by atoms with Crippen LogP contribution in [0.5, 0.6) is 0 Å². The minimum atomic E-state index is -0.677. The van der Waals surface area contributed by atoms with E-state index in [1.165, 1.54) is 18.2 Å². The quantitative estimate of drug-likeness (QED) is 0.911. The number of anilines is 1. The lowest BCUT2D eigenvalue weighted by Crippen LogP contribution is -2.12. The zero-order valence-corrected chi connectivity index (χ0v) is 11.6. The van der Waals surface area contributed by atoms with Gasteiger partial charge in [-0.15, -0.1) is 0 Å². The Morgan fingerprint density at radius 3 is 2.67 bits per heavy atom. The van der Waals surface area contributed by atoms with Crippen LogP contribution >= 0.6 is 11.6 Å². The van der Waals surface area contributed by atoms with Crippen LogP contribution in [-0.2, 0) is 6.54 Å². The van der Waals surface area contributed by atoms with Crippen molar-refractivity contribution in [2.45, 2.75) is 6.54 Å². The van der Waals surface area contributed by atoms with Crippen molar-refractivity contribution in [3.8, 4) is 6.07 Å². The zero-order valence-electron chi connectivity index (χ0n) is 10.9. The van der Waals surface area contributed by atoms with Crippen molar-refractivity contribution < 1.29 is 9.18 Å². The fraction of sp³-hybridized carbons (Fsp3) is 0.0667. The van der Waals surface area contributed by atoms with Crippen molar-refractivity contribution in [2.24, 2.45) is 5.73 Å². The monoisotopic (exact) mass is 303 g/mol. The van der Waals surface area contributed by atoms with Crippen LogP contribution in [0.15, 0.2) is 36.4 Å². The van der Waals surface area contributed by atoms with Crippen LogP contribution in [0.2, 0.25) is 5.02 Å². The maximum atomic E-state index is 13.8. The van der Waals surface area contributed by atoms with E-state index in [1.54, 1.807) is 12.1 Å². The molecular formula is C15H11ClFN3O. The van der Waals surface area contributed by atoms with E-state index in [0.29, 0.717) is 21.8 Å². The number of benzene rings is 2. The van der Waals surface area contributed by atoms with Crippen LogP contribution in [0, 0.1) is 17.1 Å². The van der Waals surface area contributed by atoms with Gasteiger partial charge in [0, 0.05) is 17.7 Å². The van der Waals surface area contributed by atoms with Crippen LogP contribution in [-0.4, -0.2) is 5.91 Å². The van der Waals surface area contributed by atoms with Crippen LogP contribution in [0.1, 0.15) is 21.5 Å². The normalized spacial score (nSPS) is 9.95. The minimum absolute atomic E-state index is 0.118. The van der Waals surface area contributed by atoms with E-state index in [2.05, 4.69) is 5.32 Å². The van der Waals surface area contributed by atoms with Crippen LogP contribution in [0.25, 0.3) is 0 Å². The molecule has 0 aromatic heterocycles.